The van der Waals surface area contributed by atoms with Gasteiger partial charge in [0.1, 0.15) is 11.8 Å². The second-order valence-corrected chi connectivity index (χ2v) is 6.41. The van der Waals surface area contributed by atoms with Crippen LogP contribution in [0.25, 0.3) is 5.52 Å². The zero-order valence-corrected chi connectivity index (χ0v) is 12.5. The summed E-state index contributed by atoms with van der Waals surface area (Å²) in [5.41, 5.74) is 0.726. The second kappa shape index (κ2) is 4.68. The molecule has 3 aromatic rings. The standard InChI is InChI=1S/C15H17N7O/c23-15-18-13(19-20-15)12-10(9-3-4-9)5-7-21(12)14-11-2-1-6-22(11)17-8-16-14/h1-2,6,8-10,12H,3-5,7H2,(H2,18,19,20,23). The molecular weight excluding hydrogens is 294 g/mol. The lowest BCUT2D eigenvalue weighted by Crippen LogP contribution is -2.28. The van der Waals surface area contributed by atoms with E-state index in [2.05, 4.69) is 30.2 Å². The van der Waals surface area contributed by atoms with Crippen molar-refractivity contribution in [3.63, 3.8) is 0 Å². The quantitative estimate of drug-likeness (QED) is 0.756. The van der Waals surface area contributed by atoms with E-state index in [1.54, 1.807) is 6.33 Å². The molecule has 0 spiro atoms. The smallest absolute Gasteiger partial charge is 0.340 e. The number of H-pyrrole nitrogens is 2. The molecule has 1 saturated heterocycles. The predicted molar refractivity (Wildman–Crippen MR) is 83.1 cm³/mol. The van der Waals surface area contributed by atoms with Crippen molar-refractivity contribution < 1.29 is 0 Å². The van der Waals surface area contributed by atoms with Crippen molar-refractivity contribution in [2.45, 2.75) is 25.3 Å². The van der Waals surface area contributed by atoms with Gasteiger partial charge in [-0.1, -0.05) is 0 Å². The number of nitrogens with zero attached hydrogens (tertiary/aromatic N) is 5. The lowest BCUT2D eigenvalue weighted by atomic mass is 9.94. The average molecular weight is 311 g/mol. The molecule has 3 aromatic heterocycles. The van der Waals surface area contributed by atoms with Crippen LogP contribution in [0.5, 0.6) is 0 Å². The number of aromatic nitrogens is 6. The first-order chi connectivity index (χ1) is 11.3. The van der Waals surface area contributed by atoms with E-state index in [0.29, 0.717) is 11.7 Å². The summed E-state index contributed by atoms with van der Waals surface area (Å²) in [6, 6.07) is 4.05. The molecule has 118 valence electrons. The van der Waals surface area contributed by atoms with Crippen LogP contribution >= 0.6 is 0 Å². The van der Waals surface area contributed by atoms with Gasteiger partial charge in [0.25, 0.3) is 0 Å². The average Bonchev–Trinajstić information content (AvgIpc) is 2.99. The summed E-state index contributed by atoms with van der Waals surface area (Å²) in [5, 5.41) is 11.0. The lowest BCUT2D eigenvalue weighted by Gasteiger charge is -2.27. The van der Waals surface area contributed by atoms with Crippen LogP contribution in [-0.2, 0) is 0 Å². The summed E-state index contributed by atoms with van der Waals surface area (Å²) in [4.78, 5) is 21.2. The van der Waals surface area contributed by atoms with Crippen molar-refractivity contribution in [3.05, 3.63) is 41.0 Å². The summed E-state index contributed by atoms with van der Waals surface area (Å²) in [5.74, 6) is 2.86. The minimum atomic E-state index is -0.253. The molecule has 2 atom stereocenters. The zero-order chi connectivity index (χ0) is 15.4. The number of aromatic amines is 2. The molecule has 2 N–H and O–H groups in total. The van der Waals surface area contributed by atoms with Crippen LogP contribution in [0.3, 0.4) is 0 Å². The fraction of sp³-hybridized carbons (Fsp3) is 0.467. The van der Waals surface area contributed by atoms with E-state index in [1.807, 2.05) is 22.8 Å². The van der Waals surface area contributed by atoms with Gasteiger partial charge in [-0.05, 0) is 43.2 Å². The SMILES string of the molecule is O=c1[nH]nc(C2C(C3CC3)CCN2c2ncnn3cccc23)[nH]1. The van der Waals surface area contributed by atoms with Crippen LogP contribution in [0.1, 0.15) is 31.1 Å². The minimum absolute atomic E-state index is 0.0649. The first kappa shape index (κ1) is 12.9. The topological polar surface area (TPSA) is 95.0 Å². The number of anilines is 1. The predicted octanol–water partition coefficient (Wildman–Crippen LogP) is 1.12. The fourth-order valence-electron chi connectivity index (χ4n) is 3.92. The van der Waals surface area contributed by atoms with Crippen LogP contribution in [-0.4, -0.2) is 36.3 Å². The van der Waals surface area contributed by atoms with E-state index in [4.69, 9.17) is 0 Å². The highest BCUT2D eigenvalue weighted by Gasteiger charge is 2.46. The van der Waals surface area contributed by atoms with E-state index in [-0.39, 0.29) is 11.7 Å². The van der Waals surface area contributed by atoms with Gasteiger partial charge in [-0.25, -0.2) is 19.4 Å². The lowest BCUT2D eigenvalue weighted by molar-refractivity contribution is 0.414. The van der Waals surface area contributed by atoms with Crippen LogP contribution in [0.4, 0.5) is 5.82 Å². The molecule has 1 aliphatic heterocycles. The molecule has 1 aliphatic carbocycles. The van der Waals surface area contributed by atoms with Crippen molar-refractivity contribution in [2.24, 2.45) is 11.8 Å². The Labute approximate surface area is 131 Å². The van der Waals surface area contributed by atoms with Crippen LogP contribution in [0, 0.1) is 11.8 Å². The number of nitrogens with one attached hydrogen (secondary N) is 2. The maximum atomic E-state index is 11.5. The summed E-state index contributed by atoms with van der Waals surface area (Å²) in [7, 11) is 0. The summed E-state index contributed by atoms with van der Waals surface area (Å²) >= 11 is 0. The van der Waals surface area contributed by atoms with Crippen molar-refractivity contribution in [1.82, 2.24) is 29.8 Å². The van der Waals surface area contributed by atoms with E-state index in [1.165, 1.54) is 12.8 Å². The molecule has 0 radical (unpaired) electrons. The Morgan fingerprint density at radius 1 is 1.26 bits per heavy atom. The molecule has 8 heteroatoms. The molecule has 23 heavy (non-hydrogen) atoms. The Hall–Kier alpha value is -2.64. The Morgan fingerprint density at radius 2 is 2.17 bits per heavy atom. The van der Waals surface area contributed by atoms with Crippen molar-refractivity contribution >= 4 is 11.3 Å². The molecule has 5 rings (SSSR count). The third-order valence-corrected chi connectivity index (χ3v) is 5.06. The van der Waals surface area contributed by atoms with Gasteiger partial charge in [0.05, 0.1) is 6.04 Å². The summed E-state index contributed by atoms with van der Waals surface area (Å²) in [6.07, 6.45) is 7.14. The minimum Gasteiger partial charge on any atom is -0.344 e. The Bertz CT molecular complexity index is 906. The van der Waals surface area contributed by atoms with Gasteiger partial charge in [0.15, 0.2) is 11.6 Å². The Kier molecular flexibility index (Phi) is 2.61. The zero-order valence-electron chi connectivity index (χ0n) is 12.5. The van der Waals surface area contributed by atoms with E-state index < -0.39 is 0 Å². The monoisotopic (exact) mass is 311 g/mol. The van der Waals surface area contributed by atoms with Crippen LogP contribution in [0.2, 0.25) is 0 Å². The van der Waals surface area contributed by atoms with Crippen molar-refractivity contribution in [1.29, 1.82) is 0 Å². The van der Waals surface area contributed by atoms with Gasteiger partial charge >= 0.3 is 5.69 Å². The molecule has 0 amide bonds. The van der Waals surface area contributed by atoms with E-state index in [0.717, 1.165) is 30.2 Å². The Morgan fingerprint density at radius 3 is 2.96 bits per heavy atom. The maximum Gasteiger partial charge on any atom is 0.340 e. The van der Waals surface area contributed by atoms with Gasteiger partial charge in [0.2, 0.25) is 0 Å². The third kappa shape index (κ3) is 1.97. The fourth-order valence-corrected chi connectivity index (χ4v) is 3.92. The molecule has 0 aromatic carbocycles. The van der Waals surface area contributed by atoms with Crippen molar-refractivity contribution in [3.8, 4) is 0 Å². The van der Waals surface area contributed by atoms with Crippen molar-refractivity contribution in [2.75, 3.05) is 11.4 Å². The Balaban J connectivity index is 1.63. The third-order valence-electron chi connectivity index (χ3n) is 5.06. The van der Waals surface area contributed by atoms with Gasteiger partial charge < -0.3 is 4.90 Å². The van der Waals surface area contributed by atoms with Gasteiger partial charge in [0, 0.05) is 12.7 Å². The molecule has 0 bridgehead atoms. The highest BCUT2D eigenvalue weighted by molar-refractivity contribution is 5.69. The summed E-state index contributed by atoms with van der Waals surface area (Å²) in [6.45, 7) is 0.915. The molecule has 1 saturated carbocycles. The molecule has 2 fully saturated rings. The van der Waals surface area contributed by atoms with E-state index in [9.17, 15) is 4.79 Å². The molecular formula is C15H17N7O. The van der Waals surface area contributed by atoms with E-state index >= 15 is 0 Å². The number of fused-ring (bicyclic) bond motifs is 1. The van der Waals surface area contributed by atoms with Gasteiger partial charge in [-0.2, -0.15) is 10.2 Å². The largest absolute Gasteiger partial charge is 0.344 e. The molecule has 2 unspecified atom stereocenters. The number of hydrogen-bond donors (Lipinski definition) is 2. The number of rotatable bonds is 3. The van der Waals surface area contributed by atoms with Gasteiger partial charge in [-0.3, -0.25) is 4.98 Å². The highest BCUT2D eigenvalue weighted by Crippen LogP contribution is 2.50. The first-order valence-electron chi connectivity index (χ1n) is 8.01. The highest BCUT2D eigenvalue weighted by atomic mass is 16.1. The van der Waals surface area contributed by atoms with Crippen LogP contribution in [0.15, 0.2) is 29.5 Å². The molecule has 8 nitrogen and oxygen atoms in total. The first-order valence-corrected chi connectivity index (χ1v) is 8.01. The summed E-state index contributed by atoms with van der Waals surface area (Å²) < 4.78 is 1.83. The second-order valence-electron chi connectivity index (χ2n) is 6.41. The molecule has 4 heterocycles. The molecule has 2 aliphatic rings. The normalized spacial score (nSPS) is 24.6. The van der Waals surface area contributed by atoms with Gasteiger partial charge in [-0.15, -0.1) is 0 Å². The maximum absolute atomic E-state index is 11.5. The van der Waals surface area contributed by atoms with Crippen LogP contribution < -0.4 is 10.6 Å². The number of hydrogen-bond acceptors (Lipinski definition) is 5.